The van der Waals surface area contributed by atoms with E-state index in [-0.39, 0.29) is 23.4 Å². The SMILES string of the molecule is CCCCCCCCCCCC(=O)O[C@H]1C[C@@H](CCC(=O)Nc2ncc(C)s2)C2C3CCC4=CC(O)=CCC4C3CC[C@@]21C. The Morgan fingerprint density at radius 3 is 2.55 bits per heavy atom. The van der Waals surface area contributed by atoms with Gasteiger partial charge < -0.3 is 15.2 Å². The number of carbonyl (C=O) groups excluding carboxylic acids is 2. The Morgan fingerprint density at radius 2 is 1.82 bits per heavy atom. The zero-order valence-corrected chi connectivity index (χ0v) is 28.3. The molecule has 1 heterocycles. The third kappa shape index (κ3) is 7.97. The van der Waals surface area contributed by atoms with Crippen LogP contribution >= 0.6 is 11.3 Å². The summed E-state index contributed by atoms with van der Waals surface area (Å²) in [5, 5.41) is 13.8. The topological polar surface area (TPSA) is 88.5 Å². The van der Waals surface area contributed by atoms with Gasteiger partial charge in [0.1, 0.15) is 11.9 Å². The van der Waals surface area contributed by atoms with Gasteiger partial charge in [0.25, 0.3) is 0 Å². The van der Waals surface area contributed by atoms with Crippen molar-refractivity contribution in [2.24, 2.45) is 35.0 Å². The molecule has 0 radical (unpaired) electrons. The summed E-state index contributed by atoms with van der Waals surface area (Å²) in [6.07, 6.45) is 24.9. The second-order valence-electron chi connectivity index (χ2n) is 14.5. The Kier molecular flexibility index (Phi) is 11.6. The van der Waals surface area contributed by atoms with Gasteiger partial charge in [-0.2, -0.15) is 0 Å². The fraction of sp³-hybridized carbons (Fsp3) is 0.757. The summed E-state index contributed by atoms with van der Waals surface area (Å²) in [6.45, 7) is 6.64. The molecule has 3 fully saturated rings. The summed E-state index contributed by atoms with van der Waals surface area (Å²) in [7, 11) is 0. The number of anilines is 1. The molecule has 2 N–H and O–H groups in total. The molecule has 5 rings (SSSR count). The number of amides is 1. The van der Waals surface area contributed by atoms with Crippen LogP contribution in [0.4, 0.5) is 5.13 Å². The lowest BCUT2D eigenvalue weighted by molar-refractivity contribution is -0.159. The lowest BCUT2D eigenvalue weighted by Gasteiger charge is -2.54. The second kappa shape index (κ2) is 15.4. The van der Waals surface area contributed by atoms with Gasteiger partial charge >= 0.3 is 5.97 Å². The third-order valence-corrected chi connectivity index (χ3v) is 12.4. The number of esters is 1. The quantitative estimate of drug-likeness (QED) is 0.150. The Morgan fingerprint density at radius 1 is 1.07 bits per heavy atom. The number of aliphatic hydroxyl groups is 1. The number of aliphatic hydroxyl groups excluding tert-OH is 1. The maximum Gasteiger partial charge on any atom is 0.306 e. The number of rotatable bonds is 15. The van der Waals surface area contributed by atoms with E-state index in [1.54, 1.807) is 6.20 Å². The molecule has 4 aliphatic carbocycles. The first-order valence-electron chi connectivity index (χ1n) is 17.8. The van der Waals surface area contributed by atoms with Crippen molar-refractivity contribution in [1.82, 2.24) is 4.98 Å². The van der Waals surface area contributed by atoms with Gasteiger partial charge in [-0.25, -0.2) is 4.98 Å². The predicted molar refractivity (Wildman–Crippen MR) is 178 cm³/mol. The van der Waals surface area contributed by atoms with E-state index in [9.17, 15) is 14.7 Å². The van der Waals surface area contributed by atoms with E-state index < -0.39 is 0 Å². The first-order valence-corrected chi connectivity index (χ1v) is 18.6. The molecule has 0 bridgehead atoms. The number of unbranched alkanes of at least 4 members (excludes halogenated alkanes) is 8. The molecular weight excluding hydrogens is 568 g/mol. The third-order valence-electron chi connectivity index (χ3n) is 11.6. The number of ether oxygens (including phenoxy) is 1. The zero-order valence-electron chi connectivity index (χ0n) is 27.5. The normalized spacial score (nSPS) is 30.9. The first kappa shape index (κ1) is 33.2. The van der Waals surface area contributed by atoms with Crippen LogP contribution in [0.2, 0.25) is 0 Å². The molecule has 244 valence electrons. The molecule has 4 aliphatic rings. The van der Waals surface area contributed by atoms with E-state index in [0.717, 1.165) is 62.7 Å². The van der Waals surface area contributed by atoms with E-state index in [0.29, 0.717) is 53.3 Å². The van der Waals surface area contributed by atoms with Gasteiger partial charge in [0.05, 0.1) is 0 Å². The highest BCUT2D eigenvalue weighted by atomic mass is 32.1. The van der Waals surface area contributed by atoms with Gasteiger partial charge in [-0.1, -0.05) is 70.8 Å². The fourth-order valence-electron chi connectivity index (χ4n) is 9.45. The highest BCUT2D eigenvalue weighted by Gasteiger charge is 2.60. The molecular formula is C37H56N2O4S. The van der Waals surface area contributed by atoms with Crippen LogP contribution in [0.5, 0.6) is 0 Å². The Bertz CT molecular complexity index is 1190. The summed E-state index contributed by atoms with van der Waals surface area (Å²) < 4.78 is 6.39. The van der Waals surface area contributed by atoms with Crippen LogP contribution < -0.4 is 5.32 Å². The van der Waals surface area contributed by atoms with Gasteiger partial charge in [0.15, 0.2) is 5.13 Å². The molecule has 3 saturated carbocycles. The van der Waals surface area contributed by atoms with Crippen molar-refractivity contribution in [3.8, 4) is 0 Å². The molecule has 1 aromatic heterocycles. The molecule has 44 heavy (non-hydrogen) atoms. The smallest absolute Gasteiger partial charge is 0.306 e. The largest absolute Gasteiger partial charge is 0.508 e. The van der Waals surface area contributed by atoms with E-state index in [1.165, 1.54) is 61.9 Å². The van der Waals surface area contributed by atoms with E-state index in [2.05, 4.69) is 24.1 Å². The molecule has 7 heteroatoms. The van der Waals surface area contributed by atoms with Gasteiger partial charge in [0.2, 0.25) is 5.91 Å². The minimum atomic E-state index is -0.0681. The molecule has 0 aliphatic heterocycles. The van der Waals surface area contributed by atoms with Crippen LogP contribution in [0.1, 0.15) is 134 Å². The Hall–Kier alpha value is -2.15. The van der Waals surface area contributed by atoms with Gasteiger partial charge in [-0.15, -0.1) is 11.3 Å². The Labute approximate surface area is 269 Å². The monoisotopic (exact) mass is 624 g/mol. The van der Waals surface area contributed by atoms with Crippen LogP contribution in [-0.4, -0.2) is 28.1 Å². The van der Waals surface area contributed by atoms with Crippen molar-refractivity contribution in [3.05, 3.63) is 34.6 Å². The van der Waals surface area contributed by atoms with Crippen molar-refractivity contribution in [2.45, 2.75) is 142 Å². The zero-order chi connectivity index (χ0) is 31.1. The van der Waals surface area contributed by atoms with Crippen LogP contribution in [0, 0.1) is 41.9 Å². The molecule has 1 aromatic rings. The molecule has 0 spiro atoms. The number of aromatic nitrogens is 1. The molecule has 7 atom stereocenters. The first-order chi connectivity index (χ1) is 21.3. The number of thiazole rings is 1. The molecule has 1 amide bonds. The van der Waals surface area contributed by atoms with Gasteiger partial charge in [-0.05, 0) is 100 Å². The number of fused-ring (bicyclic) bond motifs is 5. The summed E-state index contributed by atoms with van der Waals surface area (Å²) in [5.41, 5.74) is 1.38. The van der Waals surface area contributed by atoms with Gasteiger partial charge in [0, 0.05) is 29.3 Å². The number of hydrogen-bond donors (Lipinski definition) is 2. The molecule has 0 aromatic carbocycles. The van der Waals surface area contributed by atoms with Crippen LogP contribution in [0.15, 0.2) is 29.7 Å². The second-order valence-corrected chi connectivity index (χ2v) is 15.8. The number of carbonyl (C=O) groups is 2. The maximum atomic E-state index is 13.2. The van der Waals surface area contributed by atoms with Crippen molar-refractivity contribution in [1.29, 1.82) is 0 Å². The van der Waals surface area contributed by atoms with Crippen LogP contribution in [-0.2, 0) is 14.3 Å². The van der Waals surface area contributed by atoms with Crippen molar-refractivity contribution >= 4 is 28.3 Å². The summed E-state index contributed by atoms with van der Waals surface area (Å²) >= 11 is 1.51. The molecule has 0 saturated heterocycles. The fourth-order valence-corrected chi connectivity index (χ4v) is 10.1. The summed E-state index contributed by atoms with van der Waals surface area (Å²) in [6, 6.07) is 0. The lowest BCUT2D eigenvalue weighted by atomic mass is 9.51. The van der Waals surface area contributed by atoms with Crippen molar-refractivity contribution in [3.63, 3.8) is 0 Å². The Balaban J connectivity index is 1.20. The maximum absolute atomic E-state index is 13.2. The van der Waals surface area contributed by atoms with Crippen LogP contribution in [0.25, 0.3) is 0 Å². The number of nitrogens with zero attached hydrogens (tertiary/aromatic N) is 1. The number of allylic oxidation sites excluding steroid dienone is 3. The van der Waals surface area contributed by atoms with E-state index >= 15 is 0 Å². The summed E-state index contributed by atoms with van der Waals surface area (Å²) in [5.74, 6) is 2.92. The van der Waals surface area contributed by atoms with E-state index in [4.69, 9.17) is 4.74 Å². The molecule has 4 unspecified atom stereocenters. The average molecular weight is 625 g/mol. The minimum absolute atomic E-state index is 0.0284. The molecule has 6 nitrogen and oxygen atoms in total. The number of hydrogen-bond acceptors (Lipinski definition) is 6. The number of nitrogens with one attached hydrogen (secondary N) is 1. The van der Waals surface area contributed by atoms with Gasteiger partial charge in [-0.3, -0.25) is 9.59 Å². The highest BCUT2D eigenvalue weighted by Crippen LogP contribution is 2.64. The van der Waals surface area contributed by atoms with Crippen LogP contribution in [0.3, 0.4) is 0 Å². The minimum Gasteiger partial charge on any atom is -0.508 e. The lowest BCUT2D eigenvalue weighted by Crippen LogP contribution is -2.49. The van der Waals surface area contributed by atoms with Crippen molar-refractivity contribution in [2.75, 3.05) is 5.32 Å². The number of aryl methyl sites for hydroxylation is 1. The van der Waals surface area contributed by atoms with E-state index in [1.807, 2.05) is 19.1 Å². The predicted octanol–water partition coefficient (Wildman–Crippen LogP) is 9.85. The summed E-state index contributed by atoms with van der Waals surface area (Å²) in [4.78, 5) is 31.5. The standard InChI is InChI=1S/C37H56N2O4S/c1-4-5-6-7-8-9-10-11-12-13-34(42)43-32-23-27(15-19-33(41)39-36-38-24-25(2)44-36)35-31-17-14-26-22-28(40)16-18-29(26)30(31)20-21-37(32,35)3/h16,22,24,27,29-32,35,40H,4-15,17-21,23H2,1-3H3,(H,38,39,41)/t27-,29?,30?,31?,32+,35?,37-/m1/s1. The highest BCUT2D eigenvalue weighted by molar-refractivity contribution is 7.15. The average Bonchev–Trinajstić information content (AvgIpc) is 3.53. The van der Waals surface area contributed by atoms with Crippen molar-refractivity contribution < 1.29 is 19.4 Å².